The lowest BCUT2D eigenvalue weighted by Gasteiger charge is -2.29. The van der Waals surface area contributed by atoms with Crippen molar-refractivity contribution in [3.8, 4) is 11.1 Å². The van der Waals surface area contributed by atoms with Crippen LogP contribution in [0.4, 0.5) is 0 Å². The van der Waals surface area contributed by atoms with Gasteiger partial charge in [0.05, 0.1) is 5.41 Å². The van der Waals surface area contributed by atoms with Crippen LogP contribution in [-0.2, 0) is 16.0 Å². The molecule has 0 spiro atoms. The van der Waals surface area contributed by atoms with Gasteiger partial charge in [0.1, 0.15) is 0 Å². The zero-order valence-electron chi connectivity index (χ0n) is 17.8. The number of nitrogens with one attached hydrogen (secondary N) is 1. The van der Waals surface area contributed by atoms with Crippen molar-refractivity contribution in [2.24, 2.45) is 5.41 Å². The third kappa shape index (κ3) is 4.69. The van der Waals surface area contributed by atoms with E-state index in [9.17, 15) is 9.59 Å². The quantitative estimate of drug-likeness (QED) is 0.761. The van der Waals surface area contributed by atoms with Gasteiger partial charge in [-0.25, -0.2) is 0 Å². The molecule has 1 unspecified atom stereocenters. The SMILES string of the molecule is CCCNC(=O)C1(Cc2ccccc2-c2cccc(C)c2)CCN(C(=O)CC)C1. The van der Waals surface area contributed by atoms with Crippen molar-refractivity contribution in [2.75, 3.05) is 19.6 Å². The summed E-state index contributed by atoms with van der Waals surface area (Å²) in [7, 11) is 0. The Labute approximate surface area is 174 Å². The lowest BCUT2D eigenvalue weighted by molar-refractivity contribution is -0.133. The fourth-order valence-corrected chi connectivity index (χ4v) is 4.28. The predicted molar refractivity (Wildman–Crippen MR) is 118 cm³/mol. The lowest BCUT2D eigenvalue weighted by atomic mass is 9.78. The summed E-state index contributed by atoms with van der Waals surface area (Å²) < 4.78 is 0. The molecule has 2 amide bonds. The Morgan fingerprint density at radius 1 is 1.10 bits per heavy atom. The molecule has 3 rings (SSSR count). The van der Waals surface area contributed by atoms with E-state index in [0.29, 0.717) is 38.9 Å². The molecule has 1 saturated heterocycles. The number of likely N-dealkylation sites (tertiary alicyclic amines) is 1. The molecule has 1 heterocycles. The van der Waals surface area contributed by atoms with Gasteiger partial charge in [0, 0.05) is 26.1 Å². The highest BCUT2D eigenvalue weighted by molar-refractivity contribution is 5.86. The average Bonchev–Trinajstić information content (AvgIpc) is 3.17. The monoisotopic (exact) mass is 392 g/mol. The molecular weight excluding hydrogens is 360 g/mol. The zero-order chi connectivity index (χ0) is 20.9. The molecule has 0 radical (unpaired) electrons. The molecule has 4 heteroatoms. The molecule has 0 saturated carbocycles. The standard InChI is InChI=1S/C25H32N2O2/c1-4-14-26-24(29)25(13-15-27(18-25)23(28)5-2)17-21-10-6-7-12-22(21)20-11-8-9-19(3)16-20/h6-12,16H,4-5,13-15,17-18H2,1-3H3,(H,26,29). The molecule has 154 valence electrons. The summed E-state index contributed by atoms with van der Waals surface area (Å²) in [6, 6.07) is 16.8. The highest BCUT2D eigenvalue weighted by Crippen LogP contribution is 2.38. The Kier molecular flexibility index (Phi) is 6.73. The van der Waals surface area contributed by atoms with Gasteiger partial charge in [-0.3, -0.25) is 9.59 Å². The minimum absolute atomic E-state index is 0.0739. The Bertz CT molecular complexity index is 877. The molecule has 1 atom stereocenters. The van der Waals surface area contributed by atoms with Crippen molar-refractivity contribution in [3.05, 3.63) is 59.7 Å². The van der Waals surface area contributed by atoms with Crippen LogP contribution in [0.3, 0.4) is 0 Å². The predicted octanol–water partition coefficient (Wildman–Crippen LogP) is 4.36. The van der Waals surface area contributed by atoms with Gasteiger partial charge in [-0.2, -0.15) is 0 Å². The third-order valence-corrected chi connectivity index (χ3v) is 5.90. The van der Waals surface area contributed by atoms with Gasteiger partial charge < -0.3 is 10.2 Å². The number of aryl methyl sites for hydroxylation is 1. The molecule has 0 aliphatic carbocycles. The Morgan fingerprint density at radius 2 is 1.90 bits per heavy atom. The maximum absolute atomic E-state index is 13.2. The molecule has 2 aromatic carbocycles. The molecule has 1 aliphatic rings. The average molecular weight is 393 g/mol. The molecule has 4 nitrogen and oxygen atoms in total. The van der Waals surface area contributed by atoms with Crippen LogP contribution in [0, 0.1) is 12.3 Å². The maximum atomic E-state index is 13.2. The first-order valence-corrected chi connectivity index (χ1v) is 10.7. The number of amides is 2. The molecule has 29 heavy (non-hydrogen) atoms. The first-order chi connectivity index (χ1) is 14.0. The van der Waals surface area contributed by atoms with E-state index in [1.807, 2.05) is 24.0 Å². The van der Waals surface area contributed by atoms with E-state index in [2.05, 4.69) is 55.6 Å². The van der Waals surface area contributed by atoms with Gasteiger partial charge in [0.25, 0.3) is 0 Å². The molecule has 1 aliphatic heterocycles. The number of rotatable bonds is 7. The lowest BCUT2D eigenvalue weighted by Crippen LogP contribution is -2.45. The van der Waals surface area contributed by atoms with Crippen LogP contribution < -0.4 is 5.32 Å². The van der Waals surface area contributed by atoms with Gasteiger partial charge >= 0.3 is 0 Å². The molecule has 0 bridgehead atoms. The van der Waals surface area contributed by atoms with Gasteiger partial charge in [-0.05, 0) is 42.9 Å². The smallest absolute Gasteiger partial charge is 0.228 e. The van der Waals surface area contributed by atoms with Crippen molar-refractivity contribution < 1.29 is 9.59 Å². The molecule has 0 aromatic heterocycles. The third-order valence-electron chi connectivity index (χ3n) is 5.90. The summed E-state index contributed by atoms with van der Waals surface area (Å²) >= 11 is 0. The van der Waals surface area contributed by atoms with Gasteiger partial charge in [0.2, 0.25) is 11.8 Å². The fourth-order valence-electron chi connectivity index (χ4n) is 4.28. The van der Waals surface area contributed by atoms with E-state index in [-0.39, 0.29) is 11.8 Å². The van der Waals surface area contributed by atoms with Crippen LogP contribution in [0.25, 0.3) is 11.1 Å². The molecule has 2 aromatic rings. The second-order valence-electron chi connectivity index (χ2n) is 8.16. The van der Waals surface area contributed by atoms with Crippen LogP contribution in [0.5, 0.6) is 0 Å². The van der Waals surface area contributed by atoms with Crippen molar-refractivity contribution in [2.45, 2.75) is 46.5 Å². The number of carbonyl (C=O) groups is 2. The summed E-state index contributed by atoms with van der Waals surface area (Å²) in [6.07, 6.45) is 2.72. The number of carbonyl (C=O) groups excluding carboxylic acids is 2. The topological polar surface area (TPSA) is 49.4 Å². The van der Waals surface area contributed by atoms with E-state index < -0.39 is 5.41 Å². The fraction of sp³-hybridized carbons (Fsp3) is 0.440. The first kappa shape index (κ1) is 21.1. The minimum Gasteiger partial charge on any atom is -0.356 e. The van der Waals surface area contributed by atoms with E-state index in [4.69, 9.17) is 0 Å². The number of nitrogens with zero attached hydrogens (tertiary/aromatic N) is 1. The largest absolute Gasteiger partial charge is 0.356 e. The normalized spacial score (nSPS) is 18.7. The molecular formula is C25H32N2O2. The van der Waals surface area contributed by atoms with Crippen molar-refractivity contribution in [1.29, 1.82) is 0 Å². The summed E-state index contributed by atoms with van der Waals surface area (Å²) in [4.78, 5) is 27.4. The van der Waals surface area contributed by atoms with Gasteiger partial charge in [0.15, 0.2) is 0 Å². The van der Waals surface area contributed by atoms with E-state index >= 15 is 0 Å². The van der Waals surface area contributed by atoms with Gasteiger partial charge in [-0.15, -0.1) is 0 Å². The number of benzene rings is 2. The maximum Gasteiger partial charge on any atom is 0.228 e. The van der Waals surface area contributed by atoms with E-state index in [0.717, 1.165) is 12.0 Å². The second-order valence-corrected chi connectivity index (χ2v) is 8.16. The molecule has 1 N–H and O–H groups in total. The van der Waals surface area contributed by atoms with Crippen LogP contribution in [0.15, 0.2) is 48.5 Å². The zero-order valence-corrected chi connectivity index (χ0v) is 17.8. The summed E-state index contributed by atoms with van der Waals surface area (Å²) in [5, 5.41) is 3.10. The number of hydrogen-bond donors (Lipinski definition) is 1. The Morgan fingerprint density at radius 3 is 2.62 bits per heavy atom. The van der Waals surface area contributed by atoms with E-state index in [1.54, 1.807) is 0 Å². The van der Waals surface area contributed by atoms with Gasteiger partial charge in [-0.1, -0.05) is 67.9 Å². The Balaban J connectivity index is 1.95. The second kappa shape index (κ2) is 9.25. The summed E-state index contributed by atoms with van der Waals surface area (Å²) in [5.74, 6) is 0.201. The molecule has 1 fully saturated rings. The van der Waals surface area contributed by atoms with Crippen LogP contribution in [0.2, 0.25) is 0 Å². The van der Waals surface area contributed by atoms with Crippen LogP contribution >= 0.6 is 0 Å². The summed E-state index contributed by atoms with van der Waals surface area (Å²) in [5.41, 5.74) is 4.15. The highest BCUT2D eigenvalue weighted by atomic mass is 16.2. The van der Waals surface area contributed by atoms with E-state index in [1.165, 1.54) is 16.7 Å². The first-order valence-electron chi connectivity index (χ1n) is 10.7. The minimum atomic E-state index is -0.570. The van der Waals surface area contributed by atoms with Crippen molar-refractivity contribution in [1.82, 2.24) is 10.2 Å². The summed E-state index contributed by atoms with van der Waals surface area (Å²) in [6.45, 7) is 7.85. The van der Waals surface area contributed by atoms with Crippen molar-refractivity contribution >= 4 is 11.8 Å². The Hall–Kier alpha value is -2.62. The van der Waals surface area contributed by atoms with Crippen molar-refractivity contribution in [3.63, 3.8) is 0 Å². The number of hydrogen-bond acceptors (Lipinski definition) is 2. The van der Waals surface area contributed by atoms with Crippen LogP contribution in [-0.4, -0.2) is 36.3 Å². The highest BCUT2D eigenvalue weighted by Gasteiger charge is 2.45. The van der Waals surface area contributed by atoms with Crippen LogP contribution in [0.1, 0.15) is 44.2 Å².